The molecule has 1 aliphatic carbocycles. The second kappa shape index (κ2) is 6.26. The predicted molar refractivity (Wildman–Crippen MR) is 90.9 cm³/mol. The van der Waals surface area contributed by atoms with Gasteiger partial charge in [0.25, 0.3) is 0 Å². The minimum Gasteiger partial charge on any atom is -0.381 e. The second-order valence-electron chi connectivity index (χ2n) is 6.08. The lowest BCUT2D eigenvalue weighted by atomic mass is 9.98. The number of hydrogen-bond acceptors (Lipinski definition) is 2. The Labute approximate surface area is 132 Å². The van der Waals surface area contributed by atoms with E-state index in [1.54, 1.807) is 0 Å². The van der Waals surface area contributed by atoms with E-state index in [1.165, 1.54) is 38.5 Å². The van der Waals surface area contributed by atoms with Crippen LogP contribution in [-0.2, 0) is 0 Å². The Kier molecular flexibility index (Phi) is 4.38. The number of rotatable bonds is 3. The van der Waals surface area contributed by atoms with E-state index in [9.17, 15) is 4.79 Å². The summed E-state index contributed by atoms with van der Waals surface area (Å²) in [6, 6.07) is 4.50. The third kappa shape index (κ3) is 3.34. The molecule has 2 atom stereocenters. The van der Waals surface area contributed by atoms with Crippen molar-refractivity contribution in [3.63, 3.8) is 0 Å². The number of imidazole rings is 1. The van der Waals surface area contributed by atoms with Crippen LogP contribution in [0.4, 0.5) is 5.69 Å². The smallest absolute Gasteiger partial charge is 0.323 e. The molecule has 0 bridgehead atoms. The van der Waals surface area contributed by atoms with E-state index in [4.69, 9.17) is 0 Å². The molecule has 2 aromatic rings. The monoisotopic (exact) mass is 351 g/mol. The summed E-state index contributed by atoms with van der Waals surface area (Å²) in [6.07, 6.45) is 7.73. The molecule has 0 saturated heterocycles. The molecular weight excluding hydrogens is 330 g/mol. The van der Waals surface area contributed by atoms with Gasteiger partial charge in [0, 0.05) is 10.5 Å². The largest absolute Gasteiger partial charge is 0.381 e. The summed E-state index contributed by atoms with van der Waals surface area (Å²) in [6.45, 7) is 2.30. The highest BCUT2D eigenvalue weighted by Crippen LogP contribution is 2.31. The number of aromatic amines is 2. The summed E-state index contributed by atoms with van der Waals surface area (Å²) in [5, 5.41) is 3.65. The lowest BCUT2D eigenvalue weighted by Crippen LogP contribution is -2.18. The standard InChI is InChI=1S/C16H22BrN3O/c1-2-10-4-3-5-11(7-6-10)18-13-9-15-14(8-12(13)17)19-16(21)20-15/h8-11,18H,2-7H2,1H3,(H2,19,20,21). The maximum Gasteiger partial charge on any atom is 0.323 e. The van der Waals surface area contributed by atoms with Crippen molar-refractivity contribution < 1.29 is 0 Å². The quantitative estimate of drug-likeness (QED) is 0.718. The molecule has 1 saturated carbocycles. The van der Waals surface area contributed by atoms with Crippen molar-refractivity contribution in [1.82, 2.24) is 9.97 Å². The summed E-state index contributed by atoms with van der Waals surface area (Å²) < 4.78 is 1.00. The van der Waals surface area contributed by atoms with Crippen LogP contribution < -0.4 is 11.0 Å². The Morgan fingerprint density at radius 1 is 1.19 bits per heavy atom. The molecule has 1 fully saturated rings. The topological polar surface area (TPSA) is 60.7 Å². The molecule has 1 aromatic heterocycles. The second-order valence-corrected chi connectivity index (χ2v) is 6.93. The molecule has 0 aliphatic heterocycles. The van der Waals surface area contributed by atoms with Crippen LogP contribution in [0.25, 0.3) is 11.0 Å². The third-order valence-electron chi connectivity index (χ3n) is 4.63. The van der Waals surface area contributed by atoms with Crippen molar-refractivity contribution in [1.29, 1.82) is 0 Å². The predicted octanol–water partition coefficient (Wildman–Crippen LogP) is 4.39. The molecule has 1 aromatic carbocycles. The lowest BCUT2D eigenvalue weighted by molar-refractivity contribution is 0.444. The van der Waals surface area contributed by atoms with Gasteiger partial charge in [-0.15, -0.1) is 0 Å². The maximum atomic E-state index is 11.4. The van der Waals surface area contributed by atoms with Crippen LogP contribution >= 0.6 is 15.9 Å². The Bertz CT molecular complexity index is 676. The van der Waals surface area contributed by atoms with Crippen LogP contribution in [0.15, 0.2) is 21.4 Å². The molecule has 1 aliphatic rings. The zero-order chi connectivity index (χ0) is 14.8. The molecular formula is C16H22BrN3O. The fourth-order valence-corrected chi connectivity index (χ4v) is 3.78. The molecule has 3 N–H and O–H groups in total. The van der Waals surface area contributed by atoms with E-state index in [1.807, 2.05) is 12.1 Å². The van der Waals surface area contributed by atoms with Gasteiger partial charge in [0.1, 0.15) is 0 Å². The first-order valence-corrected chi connectivity index (χ1v) is 8.63. The van der Waals surface area contributed by atoms with Crippen molar-refractivity contribution in [2.75, 3.05) is 5.32 Å². The fourth-order valence-electron chi connectivity index (χ4n) is 3.32. The van der Waals surface area contributed by atoms with Crippen molar-refractivity contribution in [3.8, 4) is 0 Å². The molecule has 0 amide bonds. The van der Waals surface area contributed by atoms with Gasteiger partial charge in [-0.25, -0.2) is 4.79 Å². The Morgan fingerprint density at radius 3 is 2.71 bits per heavy atom. The van der Waals surface area contributed by atoms with Crippen LogP contribution in [0, 0.1) is 5.92 Å². The van der Waals surface area contributed by atoms with Gasteiger partial charge < -0.3 is 15.3 Å². The molecule has 0 radical (unpaired) electrons. The van der Waals surface area contributed by atoms with E-state index < -0.39 is 0 Å². The highest BCUT2D eigenvalue weighted by molar-refractivity contribution is 9.10. The SMILES string of the molecule is CCC1CCCC(Nc2cc3[nH]c(=O)[nH]c3cc2Br)CC1. The van der Waals surface area contributed by atoms with Gasteiger partial charge in [0.05, 0.1) is 16.7 Å². The molecule has 4 nitrogen and oxygen atoms in total. The van der Waals surface area contributed by atoms with Gasteiger partial charge in [0.15, 0.2) is 0 Å². The first-order valence-electron chi connectivity index (χ1n) is 7.83. The van der Waals surface area contributed by atoms with E-state index in [0.717, 1.165) is 27.1 Å². The number of hydrogen-bond donors (Lipinski definition) is 3. The fraction of sp³-hybridized carbons (Fsp3) is 0.562. The summed E-state index contributed by atoms with van der Waals surface area (Å²) in [5.74, 6) is 0.892. The molecule has 1 heterocycles. The Balaban J connectivity index is 1.77. The van der Waals surface area contributed by atoms with Crippen LogP contribution in [0.5, 0.6) is 0 Å². The van der Waals surface area contributed by atoms with Gasteiger partial charge in [-0.05, 0) is 53.2 Å². The highest BCUT2D eigenvalue weighted by Gasteiger charge is 2.18. The zero-order valence-electron chi connectivity index (χ0n) is 12.3. The average molecular weight is 352 g/mol. The van der Waals surface area contributed by atoms with Gasteiger partial charge >= 0.3 is 5.69 Å². The van der Waals surface area contributed by atoms with Gasteiger partial charge in [-0.3, -0.25) is 0 Å². The van der Waals surface area contributed by atoms with E-state index >= 15 is 0 Å². The number of benzene rings is 1. The molecule has 114 valence electrons. The van der Waals surface area contributed by atoms with Gasteiger partial charge in [-0.2, -0.15) is 0 Å². The van der Waals surface area contributed by atoms with Crippen LogP contribution in [0.2, 0.25) is 0 Å². The van der Waals surface area contributed by atoms with Crippen LogP contribution in [-0.4, -0.2) is 16.0 Å². The normalized spacial score (nSPS) is 23.1. The summed E-state index contributed by atoms with van der Waals surface area (Å²) in [4.78, 5) is 17.0. The van der Waals surface area contributed by atoms with Crippen LogP contribution in [0.3, 0.4) is 0 Å². The lowest BCUT2D eigenvalue weighted by Gasteiger charge is -2.19. The summed E-state index contributed by atoms with van der Waals surface area (Å²) in [5.41, 5.74) is 2.60. The van der Waals surface area contributed by atoms with Crippen LogP contribution in [0.1, 0.15) is 45.4 Å². The summed E-state index contributed by atoms with van der Waals surface area (Å²) >= 11 is 3.60. The van der Waals surface area contributed by atoms with Crippen molar-refractivity contribution in [2.45, 2.75) is 51.5 Å². The van der Waals surface area contributed by atoms with E-state index in [-0.39, 0.29) is 5.69 Å². The zero-order valence-corrected chi connectivity index (χ0v) is 13.9. The molecule has 2 unspecified atom stereocenters. The molecule has 21 heavy (non-hydrogen) atoms. The minimum atomic E-state index is -0.158. The Morgan fingerprint density at radius 2 is 1.95 bits per heavy atom. The number of nitrogens with one attached hydrogen (secondary N) is 3. The van der Waals surface area contributed by atoms with E-state index in [2.05, 4.69) is 38.1 Å². The number of halogens is 1. The van der Waals surface area contributed by atoms with Crippen molar-refractivity contribution >= 4 is 32.7 Å². The number of fused-ring (bicyclic) bond motifs is 1. The van der Waals surface area contributed by atoms with E-state index in [0.29, 0.717) is 6.04 Å². The summed E-state index contributed by atoms with van der Waals surface area (Å²) in [7, 11) is 0. The molecule has 0 spiro atoms. The van der Waals surface area contributed by atoms with Gasteiger partial charge in [-0.1, -0.05) is 26.2 Å². The Hall–Kier alpha value is -1.23. The number of aromatic nitrogens is 2. The van der Waals surface area contributed by atoms with Crippen molar-refractivity contribution in [2.24, 2.45) is 5.92 Å². The number of anilines is 1. The number of H-pyrrole nitrogens is 2. The first-order chi connectivity index (χ1) is 10.2. The highest BCUT2D eigenvalue weighted by atomic mass is 79.9. The molecule has 5 heteroatoms. The minimum absolute atomic E-state index is 0.158. The van der Waals surface area contributed by atoms with Gasteiger partial charge in [0.2, 0.25) is 0 Å². The molecule has 3 rings (SSSR count). The van der Waals surface area contributed by atoms with Crippen molar-refractivity contribution in [3.05, 3.63) is 27.1 Å². The maximum absolute atomic E-state index is 11.4. The average Bonchev–Trinajstić information content (AvgIpc) is 2.68. The third-order valence-corrected chi connectivity index (χ3v) is 5.29. The first kappa shape index (κ1) is 14.7.